The minimum absolute atomic E-state index is 0.0609. The summed E-state index contributed by atoms with van der Waals surface area (Å²) in [6.07, 6.45) is 2.06. The fourth-order valence-electron chi connectivity index (χ4n) is 3.39. The number of nitrogens with one attached hydrogen (secondary N) is 2. The Labute approximate surface area is 190 Å². The van der Waals surface area contributed by atoms with Gasteiger partial charge >= 0.3 is 0 Å². The van der Waals surface area contributed by atoms with Crippen LogP contribution >= 0.6 is 11.3 Å². The van der Waals surface area contributed by atoms with E-state index in [-0.39, 0.29) is 17.2 Å². The SMILES string of the molecule is CCc1c(C)nc(-n2nc(-c3cccs3)cc2NC(=O)c2cc(-c3ccco3)on2)[nH]c1=O. The number of hydrogen-bond acceptors (Lipinski definition) is 8. The Kier molecular flexibility index (Phi) is 5.23. The van der Waals surface area contributed by atoms with Gasteiger partial charge in [0.05, 0.1) is 11.1 Å². The van der Waals surface area contributed by atoms with Crippen LogP contribution in [0.2, 0.25) is 0 Å². The van der Waals surface area contributed by atoms with E-state index in [0.29, 0.717) is 40.7 Å². The molecule has 0 saturated carbocycles. The number of amides is 1. The summed E-state index contributed by atoms with van der Waals surface area (Å²) >= 11 is 1.50. The number of aromatic nitrogens is 5. The third-order valence-corrected chi connectivity index (χ3v) is 5.89. The molecule has 5 aromatic heterocycles. The second-order valence-corrected chi connectivity index (χ2v) is 8.07. The highest BCUT2D eigenvalue weighted by molar-refractivity contribution is 7.13. The lowest BCUT2D eigenvalue weighted by Gasteiger charge is -2.09. The first-order valence-electron chi connectivity index (χ1n) is 10.1. The van der Waals surface area contributed by atoms with Gasteiger partial charge in [-0.3, -0.25) is 14.6 Å². The van der Waals surface area contributed by atoms with Crippen LogP contribution in [0.4, 0.5) is 5.82 Å². The first kappa shape index (κ1) is 20.6. The highest BCUT2D eigenvalue weighted by Crippen LogP contribution is 2.28. The van der Waals surface area contributed by atoms with Crippen molar-refractivity contribution in [2.24, 2.45) is 0 Å². The third-order valence-electron chi connectivity index (χ3n) is 5.00. The molecule has 2 N–H and O–H groups in total. The number of aryl methyl sites for hydroxylation is 1. The van der Waals surface area contributed by atoms with Crippen molar-refractivity contribution in [3.8, 4) is 28.0 Å². The minimum Gasteiger partial charge on any atom is -0.461 e. The van der Waals surface area contributed by atoms with Gasteiger partial charge in [-0.1, -0.05) is 18.1 Å². The van der Waals surface area contributed by atoms with E-state index in [2.05, 4.69) is 25.5 Å². The van der Waals surface area contributed by atoms with Crippen LogP contribution in [0.3, 0.4) is 0 Å². The summed E-state index contributed by atoms with van der Waals surface area (Å²) in [6.45, 7) is 3.66. The third kappa shape index (κ3) is 3.89. The maximum absolute atomic E-state index is 12.9. The molecular weight excluding hydrogens is 444 g/mol. The van der Waals surface area contributed by atoms with Gasteiger partial charge in [0, 0.05) is 23.4 Å². The second kappa shape index (κ2) is 8.36. The Bertz CT molecular complexity index is 1480. The zero-order valence-electron chi connectivity index (χ0n) is 17.7. The molecule has 0 radical (unpaired) electrons. The Balaban J connectivity index is 1.53. The van der Waals surface area contributed by atoms with E-state index in [4.69, 9.17) is 8.94 Å². The number of rotatable bonds is 6. The van der Waals surface area contributed by atoms with Crippen LogP contribution in [0, 0.1) is 6.92 Å². The summed E-state index contributed by atoms with van der Waals surface area (Å²) in [5.41, 5.74) is 1.64. The van der Waals surface area contributed by atoms with Gasteiger partial charge in [-0.2, -0.15) is 9.78 Å². The van der Waals surface area contributed by atoms with Crippen LogP contribution in [0.25, 0.3) is 28.0 Å². The molecule has 0 aliphatic carbocycles. The molecule has 0 saturated heterocycles. The molecule has 11 heteroatoms. The molecule has 0 aliphatic rings. The van der Waals surface area contributed by atoms with Crippen molar-refractivity contribution in [1.29, 1.82) is 0 Å². The van der Waals surface area contributed by atoms with Gasteiger partial charge in [-0.15, -0.1) is 11.3 Å². The first-order chi connectivity index (χ1) is 16.0. The van der Waals surface area contributed by atoms with E-state index in [1.165, 1.54) is 28.3 Å². The standard InChI is InChI=1S/C22H18N6O4S/c1-3-13-12(2)23-22(25-20(13)29)28-19(11-14(26-28)18-7-5-9-33-18)24-21(30)15-10-17(32-27-15)16-6-4-8-31-16/h4-11H,3H2,1-2H3,(H,24,30)(H,23,25,29). The van der Waals surface area contributed by atoms with Gasteiger partial charge in [-0.05, 0) is 36.9 Å². The van der Waals surface area contributed by atoms with E-state index >= 15 is 0 Å². The summed E-state index contributed by atoms with van der Waals surface area (Å²) in [4.78, 5) is 33.6. The summed E-state index contributed by atoms with van der Waals surface area (Å²) in [7, 11) is 0. The number of anilines is 1. The lowest BCUT2D eigenvalue weighted by Crippen LogP contribution is -2.22. The number of aromatic amines is 1. The van der Waals surface area contributed by atoms with Crippen LogP contribution < -0.4 is 10.9 Å². The summed E-state index contributed by atoms with van der Waals surface area (Å²) in [6, 6.07) is 10.4. The number of hydrogen-bond donors (Lipinski definition) is 2. The van der Waals surface area contributed by atoms with Crippen molar-refractivity contribution >= 4 is 23.1 Å². The fraction of sp³-hybridized carbons (Fsp3) is 0.136. The number of furan rings is 1. The van der Waals surface area contributed by atoms with Crippen molar-refractivity contribution in [1.82, 2.24) is 24.9 Å². The zero-order chi connectivity index (χ0) is 22.9. The highest BCUT2D eigenvalue weighted by atomic mass is 32.1. The molecule has 0 bridgehead atoms. The molecule has 1 amide bonds. The maximum Gasteiger partial charge on any atom is 0.279 e. The minimum atomic E-state index is -0.514. The Morgan fingerprint density at radius 3 is 2.82 bits per heavy atom. The molecule has 5 aromatic rings. The normalized spacial score (nSPS) is 11.1. The molecule has 0 fully saturated rings. The van der Waals surface area contributed by atoms with E-state index in [9.17, 15) is 9.59 Å². The van der Waals surface area contributed by atoms with Crippen molar-refractivity contribution in [2.45, 2.75) is 20.3 Å². The van der Waals surface area contributed by atoms with Gasteiger partial charge in [0.15, 0.2) is 11.5 Å². The van der Waals surface area contributed by atoms with Crippen LogP contribution in [0.15, 0.2) is 61.8 Å². The van der Waals surface area contributed by atoms with Crippen molar-refractivity contribution in [3.05, 3.63) is 75.3 Å². The van der Waals surface area contributed by atoms with Crippen LogP contribution in [-0.2, 0) is 6.42 Å². The topological polar surface area (TPSA) is 132 Å². The molecule has 5 rings (SSSR count). The number of nitrogens with zero attached hydrogens (tertiary/aromatic N) is 4. The van der Waals surface area contributed by atoms with E-state index in [1.54, 1.807) is 25.1 Å². The largest absolute Gasteiger partial charge is 0.461 e. The summed E-state index contributed by atoms with van der Waals surface area (Å²) < 4.78 is 11.9. The lowest BCUT2D eigenvalue weighted by atomic mass is 10.2. The lowest BCUT2D eigenvalue weighted by molar-refractivity contribution is 0.101. The molecule has 0 aliphatic heterocycles. The Hall–Kier alpha value is -4.25. The number of H-pyrrole nitrogens is 1. The van der Waals surface area contributed by atoms with Gasteiger partial charge in [0.1, 0.15) is 11.5 Å². The highest BCUT2D eigenvalue weighted by Gasteiger charge is 2.20. The van der Waals surface area contributed by atoms with Crippen molar-refractivity contribution in [2.75, 3.05) is 5.32 Å². The quantitative estimate of drug-likeness (QED) is 0.389. The molecule has 166 valence electrons. The van der Waals surface area contributed by atoms with E-state index in [1.807, 2.05) is 24.4 Å². The van der Waals surface area contributed by atoms with Crippen LogP contribution in [0.1, 0.15) is 28.7 Å². The van der Waals surface area contributed by atoms with E-state index in [0.717, 1.165) is 4.88 Å². The predicted molar refractivity (Wildman–Crippen MR) is 122 cm³/mol. The van der Waals surface area contributed by atoms with E-state index < -0.39 is 5.91 Å². The molecular formula is C22H18N6O4S. The van der Waals surface area contributed by atoms with Crippen LogP contribution in [-0.4, -0.2) is 30.8 Å². The number of carbonyl (C=O) groups excluding carboxylic acids is 1. The first-order valence-corrected chi connectivity index (χ1v) is 11.0. The zero-order valence-corrected chi connectivity index (χ0v) is 18.5. The van der Waals surface area contributed by atoms with Gasteiger partial charge < -0.3 is 14.3 Å². The molecule has 0 aromatic carbocycles. The monoisotopic (exact) mass is 462 g/mol. The maximum atomic E-state index is 12.9. The number of carbonyl (C=O) groups is 1. The average Bonchev–Trinajstić information content (AvgIpc) is 3.60. The number of thiophene rings is 1. The average molecular weight is 462 g/mol. The molecule has 5 heterocycles. The summed E-state index contributed by atoms with van der Waals surface area (Å²) in [5.74, 6) is 0.788. The second-order valence-electron chi connectivity index (χ2n) is 7.12. The molecule has 0 atom stereocenters. The van der Waals surface area contributed by atoms with Crippen molar-refractivity contribution in [3.63, 3.8) is 0 Å². The predicted octanol–water partition coefficient (Wildman–Crippen LogP) is 4.06. The Morgan fingerprint density at radius 2 is 2.12 bits per heavy atom. The molecule has 0 spiro atoms. The van der Waals surface area contributed by atoms with Gasteiger partial charge in [0.25, 0.3) is 11.5 Å². The van der Waals surface area contributed by atoms with Gasteiger partial charge in [-0.25, -0.2) is 4.98 Å². The molecule has 33 heavy (non-hydrogen) atoms. The molecule has 0 unspecified atom stereocenters. The fourth-order valence-corrected chi connectivity index (χ4v) is 4.07. The Morgan fingerprint density at radius 1 is 1.24 bits per heavy atom. The van der Waals surface area contributed by atoms with Crippen molar-refractivity contribution < 1.29 is 13.7 Å². The van der Waals surface area contributed by atoms with Gasteiger partial charge in [0.2, 0.25) is 11.7 Å². The smallest absolute Gasteiger partial charge is 0.279 e. The van der Waals surface area contributed by atoms with Crippen LogP contribution in [0.5, 0.6) is 0 Å². The molecule has 10 nitrogen and oxygen atoms in total. The summed E-state index contributed by atoms with van der Waals surface area (Å²) in [5, 5.41) is 13.1.